The maximum absolute atomic E-state index is 10.7. The van der Waals surface area contributed by atoms with Crippen LogP contribution in [-0.2, 0) is 9.53 Å². The van der Waals surface area contributed by atoms with Gasteiger partial charge in [0.1, 0.15) is 6.04 Å². The van der Waals surface area contributed by atoms with E-state index in [0.717, 1.165) is 0 Å². The number of nitrogens with one attached hydrogen (secondary N) is 1. The second-order valence-electron chi connectivity index (χ2n) is 2.93. The number of rotatable bonds is 1. The molecule has 0 aliphatic carbocycles. The van der Waals surface area contributed by atoms with E-state index >= 15 is 0 Å². The average molecular weight is 144 g/mol. The van der Waals surface area contributed by atoms with Crippen molar-refractivity contribution >= 4 is 5.91 Å². The van der Waals surface area contributed by atoms with Gasteiger partial charge in [0.05, 0.1) is 12.3 Å². The number of hydrogen-bond donors (Lipinski definition) is 2. The van der Waals surface area contributed by atoms with Crippen LogP contribution in [0.5, 0.6) is 0 Å². The van der Waals surface area contributed by atoms with Gasteiger partial charge < -0.3 is 10.5 Å². The summed E-state index contributed by atoms with van der Waals surface area (Å²) in [5.41, 5.74) is 4.64. The third-order valence-electron chi connectivity index (χ3n) is 1.71. The molecule has 1 saturated heterocycles. The van der Waals surface area contributed by atoms with Crippen LogP contribution in [0.4, 0.5) is 0 Å². The molecule has 3 N–H and O–H groups in total. The lowest BCUT2D eigenvalue weighted by Crippen LogP contribution is -2.48. The minimum Gasteiger partial charge on any atom is -0.368 e. The second kappa shape index (κ2) is 2.21. The molecule has 4 nitrogen and oxygen atoms in total. The quantitative estimate of drug-likeness (QED) is 0.506. The Morgan fingerprint density at radius 1 is 1.80 bits per heavy atom. The number of nitrogens with two attached hydrogens (primary N) is 1. The van der Waals surface area contributed by atoms with Crippen LogP contribution in [0, 0.1) is 0 Å². The second-order valence-corrected chi connectivity index (χ2v) is 2.93. The summed E-state index contributed by atoms with van der Waals surface area (Å²) in [5, 5.41) is 2.85. The molecule has 0 radical (unpaired) electrons. The molecule has 1 rings (SSSR count). The summed E-state index contributed by atoms with van der Waals surface area (Å²) in [6.45, 7) is 4.07. The molecule has 1 aliphatic heterocycles. The Morgan fingerprint density at radius 3 is 2.60 bits per heavy atom. The molecule has 0 aromatic carbocycles. The van der Waals surface area contributed by atoms with Crippen molar-refractivity contribution in [2.75, 3.05) is 6.73 Å². The zero-order chi connectivity index (χ0) is 7.78. The van der Waals surface area contributed by atoms with Crippen LogP contribution in [0.15, 0.2) is 0 Å². The predicted molar refractivity (Wildman–Crippen MR) is 36.1 cm³/mol. The number of carbonyl (C=O) groups excluding carboxylic acids is 1. The first-order valence-corrected chi connectivity index (χ1v) is 3.21. The Kier molecular flexibility index (Phi) is 1.66. The highest BCUT2D eigenvalue weighted by Crippen LogP contribution is 2.18. The molecule has 0 aromatic heterocycles. The van der Waals surface area contributed by atoms with E-state index in [1.165, 1.54) is 0 Å². The molecule has 0 spiro atoms. The number of ether oxygens (including phenoxy) is 1. The van der Waals surface area contributed by atoms with Gasteiger partial charge in [-0.05, 0) is 13.8 Å². The highest BCUT2D eigenvalue weighted by Gasteiger charge is 2.39. The van der Waals surface area contributed by atoms with Gasteiger partial charge in [0.15, 0.2) is 0 Å². The topological polar surface area (TPSA) is 64.3 Å². The van der Waals surface area contributed by atoms with Gasteiger partial charge in [0.25, 0.3) is 0 Å². The van der Waals surface area contributed by atoms with E-state index in [-0.39, 0.29) is 11.9 Å². The summed E-state index contributed by atoms with van der Waals surface area (Å²) in [6, 6.07) is -0.354. The molecule has 1 atom stereocenters. The van der Waals surface area contributed by atoms with Gasteiger partial charge in [-0.1, -0.05) is 0 Å². The molecular formula is C6H12N2O2. The highest BCUT2D eigenvalue weighted by molar-refractivity contribution is 5.81. The van der Waals surface area contributed by atoms with Crippen molar-refractivity contribution < 1.29 is 9.53 Å². The number of amides is 1. The lowest BCUT2D eigenvalue weighted by molar-refractivity contribution is -0.122. The standard InChI is InChI=1S/C6H12N2O2/c1-6(2)4(5(7)9)8-3-10-6/h4,8H,3H2,1-2H3,(H2,7,9). The van der Waals surface area contributed by atoms with E-state index in [1.807, 2.05) is 13.8 Å². The summed E-state index contributed by atoms with van der Waals surface area (Å²) in [7, 11) is 0. The largest absolute Gasteiger partial charge is 0.368 e. The Balaban J connectivity index is 2.68. The third kappa shape index (κ3) is 1.12. The molecule has 0 bridgehead atoms. The molecule has 1 amide bonds. The summed E-state index contributed by atoms with van der Waals surface area (Å²) in [5.74, 6) is -0.359. The first-order chi connectivity index (χ1) is 4.54. The van der Waals surface area contributed by atoms with Crippen LogP contribution in [-0.4, -0.2) is 24.3 Å². The first-order valence-electron chi connectivity index (χ1n) is 3.21. The van der Waals surface area contributed by atoms with E-state index in [9.17, 15) is 4.79 Å². The lowest BCUT2D eigenvalue weighted by atomic mass is 10.00. The van der Waals surface area contributed by atoms with E-state index in [0.29, 0.717) is 6.73 Å². The summed E-state index contributed by atoms with van der Waals surface area (Å²) in [6.07, 6.45) is 0. The Bertz CT molecular complexity index is 156. The number of hydrogen-bond acceptors (Lipinski definition) is 3. The fourth-order valence-electron chi connectivity index (χ4n) is 1.08. The van der Waals surface area contributed by atoms with Crippen molar-refractivity contribution in [1.82, 2.24) is 5.32 Å². The van der Waals surface area contributed by atoms with Crippen molar-refractivity contribution in [2.45, 2.75) is 25.5 Å². The van der Waals surface area contributed by atoms with Crippen LogP contribution in [0.2, 0.25) is 0 Å². The monoisotopic (exact) mass is 144 g/mol. The first kappa shape index (κ1) is 7.50. The molecule has 4 heteroatoms. The smallest absolute Gasteiger partial charge is 0.237 e. The Labute approximate surface area is 59.7 Å². The molecule has 1 fully saturated rings. The molecular weight excluding hydrogens is 132 g/mol. The molecule has 1 aliphatic rings. The van der Waals surface area contributed by atoms with Crippen molar-refractivity contribution in [3.05, 3.63) is 0 Å². The van der Waals surface area contributed by atoms with Gasteiger partial charge in [-0.3, -0.25) is 10.1 Å². The Hall–Kier alpha value is -0.610. The minimum absolute atomic E-state index is 0.354. The zero-order valence-corrected chi connectivity index (χ0v) is 6.18. The molecule has 0 saturated carbocycles. The molecule has 10 heavy (non-hydrogen) atoms. The van der Waals surface area contributed by atoms with Crippen LogP contribution < -0.4 is 11.1 Å². The van der Waals surface area contributed by atoms with Crippen molar-refractivity contribution in [3.63, 3.8) is 0 Å². The number of carbonyl (C=O) groups is 1. The Morgan fingerprint density at radius 2 is 2.40 bits per heavy atom. The van der Waals surface area contributed by atoms with Crippen molar-refractivity contribution in [3.8, 4) is 0 Å². The van der Waals surface area contributed by atoms with Gasteiger partial charge in [-0.25, -0.2) is 0 Å². The van der Waals surface area contributed by atoms with E-state index in [2.05, 4.69) is 5.32 Å². The van der Waals surface area contributed by atoms with E-state index in [1.54, 1.807) is 0 Å². The summed E-state index contributed by atoms with van der Waals surface area (Å²) in [4.78, 5) is 10.7. The van der Waals surface area contributed by atoms with Gasteiger partial charge in [-0.15, -0.1) is 0 Å². The average Bonchev–Trinajstić information content (AvgIpc) is 2.08. The summed E-state index contributed by atoms with van der Waals surface area (Å²) < 4.78 is 5.20. The SMILES string of the molecule is CC1(C)OCNC1C(N)=O. The minimum atomic E-state index is -0.453. The maximum atomic E-state index is 10.7. The van der Waals surface area contributed by atoms with E-state index < -0.39 is 5.60 Å². The molecule has 58 valence electrons. The zero-order valence-electron chi connectivity index (χ0n) is 6.18. The maximum Gasteiger partial charge on any atom is 0.237 e. The van der Waals surface area contributed by atoms with Gasteiger partial charge in [0.2, 0.25) is 5.91 Å². The van der Waals surface area contributed by atoms with Crippen molar-refractivity contribution in [1.29, 1.82) is 0 Å². The van der Waals surface area contributed by atoms with Crippen molar-refractivity contribution in [2.24, 2.45) is 5.73 Å². The summed E-state index contributed by atoms with van der Waals surface area (Å²) >= 11 is 0. The fourth-order valence-corrected chi connectivity index (χ4v) is 1.08. The highest BCUT2D eigenvalue weighted by atomic mass is 16.5. The predicted octanol–water partition coefficient (Wildman–Crippen LogP) is -0.804. The van der Waals surface area contributed by atoms with Crippen LogP contribution in [0.1, 0.15) is 13.8 Å². The van der Waals surface area contributed by atoms with Gasteiger partial charge in [0, 0.05) is 0 Å². The lowest BCUT2D eigenvalue weighted by Gasteiger charge is -2.21. The molecule has 0 aromatic rings. The fraction of sp³-hybridized carbons (Fsp3) is 0.833. The van der Waals surface area contributed by atoms with Crippen LogP contribution >= 0.6 is 0 Å². The van der Waals surface area contributed by atoms with Crippen LogP contribution in [0.3, 0.4) is 0 Å². The van der Waals surface area contributed by atoms with Gasteiger partial charge in [-0.2, -0.15) is 0 Å². The third-order valence-corrected chi connectivity index (χ3v) is 1.71. The van der Waals surface area contributed by atoms with E-state index in [4.69, 9.17) is 10.5 Å². The number of primary amides is 1. The van der Waals surface area contributed by atoms with Crippen LogP contribution in [0.25, 0.3) is 0 Å². The molecule has 1 unspecified atom stereocenters. The van der Waals surface area contributed by atoms with Gasteiger partial charge >= 0.3 is 0 Å². The molecule has 1 heterocycles. The normalized spacial score (nSPS) is 30.4.